The van der Waals surface area contributed by atoms with E-state index in [1.807, 2.05) is 6.07 Å². The summed E-state index contributed by atoms with van der Waals surface area (Å²) in [6.45, 7) is 2.28. The second kappa shape index (κ2) is 4.56. The summed E-state index contributed by atoms with van der Waals surface area (Å²) in [5.41, 5.74) is 1.18. The Hall–Kier alpha value is -0.630. The number of rotatable bonds is 3. The third kappa shape index (κ3) is 2.47. The van der Waals surface area contributed by atoms with Crippen molar-refractivity contribution in [2.75, 3.05) is 0 Å². The van der Waals surface area contributed by atoms with Gasteiger partial charge in [0.05, 0.1) is 0 Å². The summed E-state index contributed by atoms with van der Waals surface area (Å²) < 4.78 is 0. The quantitative estimate of drug-likeness (QED) is 0.748. The van der Waals surface area contributed by atoms with Crippen molar-refractivity contribution in [3.8, 4) is 0 Å². The standard InChI is InChI=1S/C14H19ClN2/c1-2-9-3-4-11(7-9)14-16-12(10-5-6-10)8-13(15)17-14/h8-11H,2-7H2,1H3. The third-order valence-electron chi connectivity index (χ3n) is 4.21. The fourth-order valence-corrected chi connectivity index (χ4v) is 3.10. The lowest BCUT2D eigenvalue weighted by Gasteiger charge is -2.10. The van der Waals surface area contributed by atoms with Crippen LogP contribution in [0.4, 0.5) is 0 Å². The first-order chi connectivity index (χ1) is 8.26. The maximum absolute atomic E-state index is 6.12. The van der Waals surface area contributed by atoms with E-state index in [-0.39, 0.29) is 0 Å². The van der Waals surface area contributed by atoms with Crippen molar-refractivity contribution < 1.29 is 0 Å². The van der Waals surface area contributed by atoms with Gasteiger partial charge in [0, 0.05) is 17.5 Å². The van der Waals surface area contributed by atoms with E-state index in [0.29, 0.717) is 17.0 Å². The minimum Gasteiger partial charge on any atom is -0.237 e. The monoisotopic (exact) mass is 250 g/mol. The van der Waals surface area contributed by atoms with Crippen molar-refractivity contribution in [1.29, 1.82) is 0 Å². The molecule has 2 aliphatic rings. The molecule has 2 atom stereocenters. The number of hydrogen-bond acceptors (Lipinski definition) is 2. The SMILES string of the molecule is CCC1CCC(c2nc(Cl)cc(C3CC3)n2)C1. The molecule has 2 saturated carbocycles. The van der Waals surface area contributed by atoms with Gasteiger partial charge in [-0.1, -0.05) is 24.9 Å². The van der Waals surface area contributed by atoms with E-state index in [1.165, 1.54) is 44.2 Å². The lowest BCUT2D eigenvalue weighted by molar-refractivity contribution is 0.516. The molecule has 0 amide bonds. The lowest BCUT2D eigenvalue weighted by atomic mass is 10.0. The molecule has 0 bridgehead atoms. The number of hydrogen-bond donors (Lipinski definition) is 0. The number of aromatic nitrogens is 2. The minimum absolute atomic E-state index is 0.552. The molecule has 1 aromatic heterocycles. The van der Waals surface area contributed by atoms with Gasteiger partial charge in [-0.3, -0.25) is 0 Å². The van der Waals surface area contributed by atoms with E-state index >= 15 is 0 Å². The summed E-state index contributed by atoms with van der Waals surface area (Å²) in [5.74, 6) is 3.09. The van der Waals surface area contributed by atoms with Crippen molar-refractivity contribution in [1.82, 2.24) is 9.97 Å². The molecular weight excluding hydrogens is 232 g/mol. The Morgan fingerprint density at radius 1 is 1.18 bits per heavy atom. The van der Waals surface area contributed by atoms with Crippen LogP contribution in [-0.4, -0.2) is 9.97 Å². The summed E-state index contributed by atoms with van der Waals surface area (Å²) >= 11 is 6.12. The molecule has 0 aliphatic heterocycles. The molecule has 0 N–H and O–H groups in total. The summed E-state index contributed by atoms with van der Waals surface area (Å²) in [5, 5.41) is 0.636. The van der Waals surface area contributed by atoms with Gasteiger partial charge in [-0.05, 0) is 44.1 Å². The molecule has 2 unspecified atom stereocenters. The van der Waals surface area contributed by atoms with Crippen molar-refractivity contribution in [2.24, 2.45) is 5.92 Å². The van der Waals surface area contributed by atoms with E-state index in [4.69, 9.17) is 16.6 Å². The van der Waals surface area contributed by atoms with Gasteiger partial charge >= 0.3 is 0 Å². The average Bonchev–Trinajstić information content (AvgIpc) is 3.06. The highest BCUT2D eigenvalue weighted by molar-refractivity contribution is 6.29. The maximum Gasteiger partial charge on any atom is 0.133 e. The molecular formula is C14H19ClN2. The molecule has 3 heteroatoms. The molecule has 92 valence electrons. The molecule has 17 heavy (non-hydrogen) atoms. The zero-order valence-electron chi connectivity index (χ0n) is 10.3. The molecule has 0 aromatic carbocycles. The fourth-order valence-electron chi connectivity index (χ4n) is 2.90. The maximum atomic E-state index is 6.12. The van der Waals surface area contributed by atoms with Crippen LogP contribution in [0.5, 0.6) is 0 Å². The summed E-state index contributed by atoms with van der Waals surface area (Å²) in [6.07, 6.45) is 7.65. The normalized spacial score (nSPS) is 28.6. The summed E-state index contributed by atoms with van der Waals surface area (Å²) in [4.78, 5) is 9.20. The van der Waals surface area contributed by atoms with Crippen molar-refractivity contribution in [3.05, 3.63) is 22.7 Å². The Bertz CT molecular complexity index is 415. The Labute approximate surface area is 108 Å². The predicted molar refractivity (Wildman–Crippen MR) is 69.4 cm³/mol. The average molecular weight is 251 g/mol. The molecule has 0 spiro atoms. The van der Waals surface area contributed by atoms with Crippen LogP contribution in [0, 0.1) is 5.92 Å². The zero-order chi connectivity index (χ0) is 11.8. The Kier molecular flexibility index (Phi) is 3.08. The van der Waals surface area contributed by atoms with Gasteiger partial charge in [-0.15, -0.1) is 0 Å². The van der Waals surface area contributed by atoms with Crippen LogP contribution >= 0.6 is 11.6 Å². The second-order valence-corrected chi connectivity index (χ2v) is 5.92. The third-order valence-corrected chi connectivity index (χ3v) is 4.40. The van der Waals surface area contributed by atoms with Gasteiger partial charge in [0.2, 0.25) is 0 Å². The van der Waals surface area contributed by atoms with Crippen molar-refractivity contribution in [2.45, 2.75) is 57.3 Å². The Morgan fingerprint density at radius 3 is 2.59 bits per heavy atom. The van der Waals surface area contributed by atoms with E-state index in [9.17, 15) is 0 Å². The lowest BCUT2D eigenvalue weighted by Crippen LogP contribution is -2.04. The smallest absolute Gasteiger partial charge is 0.133 e. The van der Waals surface area contributed by atoms with Gasteiger partial charge in [0.1, 0.15) is 11.0 Å². The van der Waals surface area contributed by atoms with E-state index in [1.54, 1.807) is 0 Å². The summed E-state index contributed by atoms with van der Waals surface area (Å²) in [7, 11) is 0. The largest absolute Gasteiger partial charge is 0.237 e. The molecule has 0 saturated heterocycles. The molecule has 3 rings (SSSR count). The number of halogens is 1. The van der Waals surface area contributed by atoms with Gasteiger partial charge in [-0.2, -0.15) is 0 Å². The second-order valence-electron chi connectivity index (χ2n) is 5.53. The van der Waals surface area contributed by atoms with Crippen LogP contribution < -0.4 is 0 Å². The van der Waals surface area contributed by atoms with Crippen LogP contribution in [0.25, 0.3) is 0 Å². The topological polar surface area (TPSA) is 25.8 Å². The van der Waals surface area contributed by atoms with Gasteiger partial charge in [0.25, 0.3) is 0 Å². The molecule has 1 aromatic rings. The van der Waals surface area contributed by atoms with Gasteiger partial charge in [-0.25, -0.2) is 9.97 Å². The first kappa shape index (κ1) is 11.5. The summed E-state index contributed by atoms with van der Waals surface area (Å²) in [6, 6.07) is 1.95. The van der Waals surface area contributed by atoms with Crippen LogP contribution in [0.2, 0.25) is 5.15 Å². The van der Waals surface area contributed by atoms with Crippen LogP contribution in [0.3, 0.4) is 0 Å². The zero-order valence-corrected chi connectivity index (χ0v) is 11.1. The molecule has 0 radical (unpaired) electrons. The van der Waals surface area contributed by atoms with E-state index in [0.717, 1.165) is 11.7 Å². The minimum atomic E-state index is 0.552. The van der Waals surface area contributed by atoms with Gasteiger partial charge in [0.15, 0.2) is 0 Å². The molecule has 1 heterocycles. The number of nitrogens with zero attached hydrogens (tertiary/aromatic N) is 2. The fraction of sp³-hybridized carbons (Fsp3) is 0.714. The van der Waals surface area contributed by atoms with Crippen LogP contribution in [0.1, 0.15) is 68.8 Å². The highest BCUT2D eigenvalue weighted by atomic mass is 35.5. The predicted octanol–water partition coefficient (Wildman–Crippen LogP) is 4.30. The Balaban J connectivity index is 1.82. The highest BCUT2D eigenvalue weighted by Gasteiger charge is 2.30. The van der Waals surface area contributed by atoms with Crippen LogP contribution in [0.15, 0.2) is 6.07 Å². The first-order valence-corrected chi connectivity index (χ1v) is 7.18. The van der Waals surface area contributed by atoms with Crippen molar-refractivity contribution >= 4 is 11.6 Å². The molecule has 2 aliphatic carbocycles. The Morgan fingerprint density at radius 2 is 1.94 bits per heavy atom. The first-order valence-electron chi connectivity index (χ1n) is 6.80. The van der Waals surface area contributed by atoms with Gasteiger partial charge < -0.3 is 0 Å². The van der Waals surface area contributed by atoms with Crippen LogP contribution in [-0.2, 0) is 0 Å². The van der Waals surface area contributed by atoms with E-state index < -0.39 is 0 Å². The molecule has 2 nitrogen and oxygen atoms in total. The van der Waals surface area contributed by atoms with E-state index in [2.05, 4.69) is 11.9 Å². The highest BCUT2D eigenvalue weighted by Crippen LogP contribution is 2.42. The van der Waals surface area contributed by atoms with Crippen molar-refractivity contribution in [3.63, 3.8) is 0 Å². The molecule has 2 fully saturated rings.